The molecule has 2 aliphatic rings. The zero-order chi connectivity index (χ0) is 6.86. The summed E-state index contributed by atoms with van der Waals surface area (Å²) in [6.45, 7) is 8.20. The Kier molecular flexibility index (Phi) is 1.66. The molecule has 1 N–H and O–H groups in total. The molecule has 2 aliphatic heterocycles. The molecule has 2 nitrogen and oxygen atoms in total. The molecule has 0 radical (unpaired) electrons. The maximum atomic E-state index is 3.42. The Bertz CT molecular complexity index is 108. The summed E-state index contributed by atoms with van der Waals surface area (Å²) in [6.07, 6.45) is 2.94. The van der Waals surface area contributed by atoms with Gasteiger partial charge in [-0.05, 0) is 0 Å². The van der Waals surface area contributed by atoms with E-state index in [0.717, 1.165) is 0 Å². The van der Waals surface area contributed by atoms with Crippen LogP contribution in [0.3, 0.4) is 0 Å². The Hall–Kier alpha value is -0.0800. The first-order chi connectivity index (χ1) is 4.91. The summed E-state index contributed by atoms with van der Waals surface area (Å²) in [5.41, 5.74) is 0. The van der Waals surface area contributed by atoms with Crippen LogP contribution in [-0.4, -0.2) is 43.8 Å². The van der Waals surface area contributed by atoms with Gasteiger partial charge in [0.2, 0.25) is 0 Å². The molecule has 0 aromatic rings. The van der Waals surface area contributed by atoms with Crippen LogP contribution >= 0.6 is 0 Å². The van der Waals surface area contributed by atoms with Crippen LogP contribution in [0.4, 0.5) is 0 Å². The van der Waals surface area contributed by atoms with Crippen molar-refractivity contribution >= 4 is 0 Å². The van der Waals surface area contributed by atoms with E-state index >= 15 is 0 Å². The second kappa shape index (κ2) is 2.51. The maximum Gasteiger partial charge on any atom is 0.0913 e. The second-order valence-electron chi connectivity index (χ2n) is 3.69. The lowest BCUT2D eigenvalue weighted by atomic mass is 10.3. The largest absolute Gasteiger partial charge is 0.321 e. The van der Waals surface area contributed by atoms with E-state index in [1.54, 1.807) is 0 Å². The van der Waals surface area contributed by atoms with E-state index in [9.17, 15) is 0 Å². The van der Waals surface area contributed by atoms with Crippen molar-refractivity contribution in [1.82, 2.24) is 5.32 Å². The average molecular weight is 141 g/mol. The highest BCUT2D eigenvalue weighted by Gasteiger charge is 2.32. The third-order valence-electron chi connectivity index (χ3n) is 3.04. The summed E-state index contributed by atoms with van der Waals surface area (Å²) in [5.74, 6) is 0. The van der Waals surface area contributed by atoms with E-state index in [0.29, 0.717) is 0 Å². The number of nitrogens with zero attached hydrogens (tertiary/aromatic N) is 1. The lowest BCUT2D eigenvalue weighted by Crippen LogP contribution is -2.56. The molecule has 0 saturated carbocycles. The molecule has 2 saturated heterocycles. The zero-order valence-corrected chi connectivity index (χ0v) is 6.60. The third kappa shape index (κ3) is 1.06. The van der Waals surface area contributed by atoms with Gasteiger partial charge in [0.15, 0.2) is 0 Å². The van der Waals surface area contributed by atoms with Crippen molar-refractivity contribution in [2.75, 3.05) is 39.3 Å². The van der Waals surface area contributed by atoms with Crippen molar-refractivity contribution in [3.8, 4) is 0 Å². The lowest BCUT2D eigenvalue weighted by Gasteiger charge is -2.37. The highest BCUT2D eigenvalue weighted by atomic mass is 15.4. The Balaban J connectivity index is 1.98. The quantitative estimate of drug-likeness (QED) is 0.475. The van der Waals surface area contributed by atoms with Gasteiger partial charge >= 0.3 is 0 Å². The van der Waals surface area contributed by atoms with Crippen LogP contribution in [-0.2, 0) is 0 Å². The predicted molar refractivity (Wildman–Crippen MR) is 41.8 cm³/mol. The molecule has 2 heterocycles. The van der Waals surface area contributed by atoms with Crippen LogP contribution in [0.15, 0.2) is 0 Å². The lowest BCUT2D eigenvalue weighted by molar-refractivity contribution is -0.918. The van der Waals surface area contributed by atoms with Crippen LogP contribution in [0.2, 0.25) is 0 Å². The Morgan fingerprint density at radius 2 is 1.40 bits per heavy atom. The van der Waals surface area contributed by atoms with Crippen molar-refractivity contribution in [3.05, 3.63) is 0 Å². The van der Waals surface area contributed by atoms with Gasteiger partial charge in [-0.2, -0.15) is 0 Å². The highest BCUT2D eigenvalue weighted by Crippen LogP contribution is 2.19. The molecular formula is C8H17N2+. The minimum atomic E-state index is 1.25. The summed E-state index contributed by atoms with van der Waals surface area (Å²) in [7, 11) is 0. The van der Waals surface area contributed by atoms with E-state index in [1.165, 1.54) is 56.6 Å². The van der Waals surface area contributed by atoms with E-state index in [4.69, 9.17) is 0 Å². The molecule has 2 fully saturated rings. The van der Waals surface area contributed by atoms with Crippen LogP contribution in [0, 0.1) is 0 Å². The molecular weight excluding hydrogens is 124 g/mol. The van der Waals surface area contributed by atoms with Crippen LogP contribution in [0.25, 0.3) is 0 Å². The minimum Gasteiger partial charge on any atom is -0.321 e. The third-order valence-corrected chi connectivity index (χ3v) is 3.04. The first-order valence-corrected chi connectivity index (χ1v) is 4.47. The number of piperazine rings is 1. The summed E-state index contributed by atoms with van der Waals surface area (Å²) in [5, 5.41) is 3.42. The number of rotatable bonds is 0. The van der Waals surface area contributed by atoms with Crippen LogP contribution < -0.4 is 5.32 Å². The normalized spacial score (nSPS) is 31.2. The Morgan fingerprint density at radius 1 is 0.800 bits per heavy atom. The molecule has 10 heavy (non-hydrogen) atoms. The fourth-order valence-electron chi connectivity index (χ4n) is 2.32. The SMILES string of the molecule is C1CC[N+]2(C1)CCNCC2. The molecule has 0 bridgehead atoms. The first-order valence-electron chi connectivity index (χ1n) is 4.47. The van der Waals surface area contributed by atoms with Gasteiger partial charge in [-0.3, -0.25) is 0 Å². The van der Waals surface area contributed by atoms with Crippen molar-refractivity contribution in [2.45, 2.75) is 12.8 Å². The maximum absolute atomic E-state index is 3.42. The van der Waals surface area contributed by atoms with E-state index in [1.807, 2.05) is 0 Å². The summed E-state index contributed by atoms with van der Waals surface area (Å²) in [6, 6.07) is 0. The molecule has 58 valence electrons. The number of hydrogen-bond acceptors (Lipinski definition) is 1. The molecule has 0 unspecified atom stereocenters. The highest BCUT2D eigenvalue weighted by molar-refractivity contribution is 4.62. The molecule has 0 amide bonds. The summed E-state index contributed by atoms with van der Waals surface area (Å²) >= 11 is 0. The average Bonchev–Trinajstić information content (AvgIpc) is 2.39. The van der Waals surface area contributed by atoms with Gasteiger partial charge in [0, 0.05) is 25.9 Å². The van der Waals surface area contributed by atoms with Crippen molar-refractivity contribution in [2.24, 2.45) is 0 Å². The number of quaternary nitrogens is 1. The molecule has 0 aromatic heterocycles. The summed E-state index contributed by atoms with van der Waals surface area (Å²) < 4.78 is 1.44. The zero-order valence-electron chi connectivity index (χ0n) is 6.60. The van der Waals surface area contributed by atoms with Crippen molar-refractivity contribution in [1.29, 1.82) is 0 Å². The van der Waals surface area contributed by atoms with E-state index in [-0.39, 0.29) is 0 Å². The smallest absolute Gasteiger partial charge is 0.0913 e. The standard InChI is InChI=1S/C8H17N2/c1-2-6-10(5-1)7-3-9-4-8-10/h9H,1-8H2/q+1. The van der Waals surface area contributed by atoms with Gasteiger partial charge in [0.1, 0.15) is 0 Å². The Morgan fingerprint density at radius 3 is 2.00 bits per heavy atom. The first kappa shape index (κ1) is 6.62. The minimum absolute atomic E-state index is 1.25. The second-order valence-corrected chi connectivity index (χ2v) is 3.69. The van der Waals surface area contributed by atoms with Gasteiger partial charge in [-0.15, -0.1) is 0 Å². The number of hydrogen-bond donors (Lipinski definition) is 1. The van der Waals surface area contributed by atoms with E-state index in [2.05, 4.69) is 5.32 Å². The number of nitrogens with one attached hydrogen (secondary N) is 1. The molecule has 2 heteroatoms. The van der Waals surface area contributed by atoms with E-state index < -0.39 is 0 Å². The predicted octanol–water partition coefficient (Wildman–Crippen LogP) is 0.200. The molecule has 0 aromatic carbocycles. The molecule has 2 rings (SSSR count). The van der Waals surface area contributed by atoms with Gasteiger partial charge in [-0.1, -0.05) is 0 Å². The topological polar surface area (TPSA) is 12.0 Å². The molecule has 0 aliphatic carbocycles. The fraction of sp³-hybridized carbons (Fsp3) is 1.00. The van der Waals surface area contributed by atoms with Gasteiger partial charge < -0.3 is 9.80 Å². The summed E-state index contributed by atoms with van der Waals surface area (Å²) in [4.78, 5) is 0. The van der Waals surface area contributed by atoms with Crippen LogP contribution in [0.5, 0.6) is 0 Å². The van der Waals surface area contributed by atoms with Gasteiger partial charge in [-0.25, -0.2) is 0 Å². The van der Waals surface area contributed by atoms with Crippen LogP contribution in [0.1, 0.15) is 12.8 Å². The monoisotopic (exact) mass is 141 g/mol. The van der Waals surface area contributed by atoms with Crippen molar-refractivity contribution < 1.29 is 4.48 Å². The van der Waals surface area contributed by atoms with Gasteiger partial charge in [0.05, 0.1) is 26.2 Å². The molecule has 0 atom stereocenters. The molecule has 1 spiro atoms. The Labute approximate surface area is 62.8 Å². The fourth-order valence-corrected chi connectivity index (χ4v) is 2.32. The van der Waals surface area contributed by atoms with Crippen molar-refractivity contribution in [3.63, 3.8) is 0 Å². The van der Waals surface area contributed by atoms with Gasteiger partial charge in [0.25, 0.3) is 0 Å².